The maximum Gasteiger partial charge on any atom is 0.323 e. The fraction of sp³-hybridized carbons (Fsp3) is 0.207. The van der Waals surface area contributed by atoms with Crippen LogP contribution in [0.4, 0.5) is 6.01 Å². The van der Waals surface area contributed by atoms with E-state index in [-0.39, 0.29) is 12.6 Å². The van der Waals surface area contributed by atoms with E-state index in [1.165, 1.54) is 0 Å². The number of carbonyl (C=O) groups is 1. The zero-order chi connectivity index (χ0) is 25.8. The first kappa shape index (κ1) is 24.1. The molecule has 0 spiro atoms. The number of nitrogens with zero attached hydrogens (tertiary/aromatic N) is 3. The summed E-state index contributed by atoms with van der Waals surface area (Å²) < 4.78 is 17.7. The molecule has 8 heteroatoms. The maximum atomic E-state index is 11.6. The van der Waals surface area contributed by atoms with Gasteiger partial charge < -0.3 is 23.6 Å². The average molecular weight is 498 g/mol. The van der Waals surface area contributed by atoms with Crippen LogP contribution in [0.1, 0.15) is 22.6 Å². The minimum atomic E-state index is -0.969. The molecule has 2 heterocycles. The largest absolute Gasteiger partial charge is 0.493 e. The molecule has 0 atom stereocenters. The van der Waals surface area contributed by atoms with Gasteiger partial charge in [0.2, 0.25) is 5.89 Å². The van der Waals surface area contributed by atoms with Crippen LogP contribution in [-0.4, -0.2) is 34.2 Å². The molecule has 0 radical (unpaired) electrons. The molecule has 188 valence electrons. The summed E-state index contributed by atoms with van der Waals surface area (Å²) in [5, 5.41) is 9.47. The molecule has 8 nitrogen and oxygen atoms in total. The fourth-order valence-corrected chi connectivity index (χ4v) is 4.10. The van der Waals surface area contributed by atoms with Gasteiger partial charge in [-0.05, 0) is 61.4 Å². The first-order valence-corrected chi connectivity index (χ1v) is 12.0. The lowest BCUT2D eigenvalue weighted by atomic mass is 10.2. The molecule has 0 saturated heterocycles. The number of hydrogen-bond acceptors (Lipinski definition) is 7. The topological polar surface area (TPSA) is 102 Å². The predicted molar refractivity (Wildman–Crippen MR) is 140 cm³/mol. The second kappa shape index (κ2) is 10.6. The Hall–Kier alpha value is -4.59. The quantitative estimate of drug-likeness (QED) is 0.258. The summed E-state index contributed by atoms with van der Waals surface area (Å²) in [6.07, 6.45) is 0.597. The number of aromatic nitrogens is 2. The van der Waals surface area contributed by atoms with Crippen LogP contribution < -0.4 is 9.64 Å². The van der Waals surface area contributed by atoms with E-state index in [1.54, 1.807) is 4.90 Å². The van der Waals surface area contributed by atoms with E-state index in [0.717, 1.165) is 28.1 Å². The van der Waals surface area contributed by atoms with E-state index >= 15 is 0 Å². The van der Waals surface area contributed by atoms with Gasteiger partial charge >= 0.3 is 5.97 Å². The summed E-state index contributed by atoms with van der Waals surface area (Å²) in [7, 11) is 0. The van der Waals surface area contributed by atoms with E-state index < -0.39 is 5.97 Å². The van der Waals surface area contributed by atoms with Crippen molar-refractivity contribution >= 4 is 23.1 Å². The smallest absolute Gasteiger partial charge is 0.323 e. The third-order valence-corrected chi connectivity index (χ3v) is 5.92. The van der Waals surface area contributed by atoms with Crippen molar-refractivity contribution < 1.29 is 23.5 Å². The minimum Gasteiger partial charge on any atom is -0.493 e. The van der Waals surface area contributed by atoms with Crippen molar-refractivity contribution in [1.82, 2.24) is 9.97 Å². The summed E-state index contributed by atoms with van der Waals surface area (Å²) in [6.45, 7) is 4.36. The zero-order valence-corrected chi connectivity index (χ0v) is 20.7. The van der Waals surface area contributed by atoms with Crippen LogP contribution in [0.5, 0.6) is 5.75 Å². The molecule has 0 bridgehead atoms. The molecule has 0 aliphatic heterocycles. The summed E-state index contributed by atoms with van der Waals surface area (Å²) >= 11 is 0. The van der Waals surface area contributed by atoms with Gasteiger partial charge in [-0.3, -0.25) is 4.79 Å². The van der Waals surface area contributed by atoms with Crippen LogP contribution in [0.3, 0.4) is 0 Å². The van der Waals surface area contributed by atoms with Gasteiger partial charge in [-0.1, -0.05) is 36.4 Å². The average Bonchev–Trinajstić information content (AvgIpc) is 3.47. The lowest BCUT2D eigenvalue weighted by Crippen LogP contribution is -2.29. The molecule has 0 saturated carbocycles. The van der Waals surface area contributed by atoms with Gasteiger partial charge in [-0.25, -0.2) is 4.98 Å². The highest BCUT2D eigenvalue weighted by molar-refractivity contribution is 5.77. The molecule has 0 aliphatic rings. The number of rotatable bonds is 10. The monoisotopic (exact) mass is 497 g/mol. The molecule has 5 rings (SSSR count). The SMILES string of the molecule is Cc1ccc2oc(N(CC(=O)O)Cc3cccc(OCCc4nc(-c5ccccc5)oc4C)c3)nc2c1. The third kappa shape index (κ3) is 5.81. The standard InChI is InChI=1S/C29H27N3O5/c1-19-11-12-26-25(15-19)31-29(37-26)32(18-27(33)34)17-21-7-6-10-23(16-21)35-14-13-24-20(2)36-28(30-24)22-8-4-3-5-9-22/h3-12,15-16H,13-14,17-18H2,1-2H3,(H,33,34). The van der Waals surface area contributed by atoms with Gasteiger partial charge in [0.1, 0.15) is 23.6 Å². The zero-order valence-electron chi connectivity index (χ0n) is 20.7. The number of anilines is 1. The van der Waals surface area contributed by atoms with E-state index in [1.807, 2.05) is 86.6 Å². The number of hydrogen-bond donors (Lipinski definition) is 1. The first-order valence-electron chi connectivity index (χ1n) is 12.0. The van der Waals surface area contributed by atoms with Gasteiger partial charge in [-0.2, -0.15) is 4.98 Å². The Kier molecular flexibility index (Phi) is 6.89. The van der Waals surface area contributed by atoms with E-state index in [2.05, 4.69) is 9.97 Å². The van der Waals surface area contributed by atoms with Gasteiger partial charge in [0, 0.05) is 18.5 Å². The molecule has 0 unspecified atom stereocenters. The van der Waals surface area contributed by atoms with E-state index in [0.29, 0.717) is 42.3 Å². The normalized spacial score (nSPS) is 11.1. The van der Waals surface area contributed by atoms with Crippen LogP contribution in [0.15, 0.2) is 81.6 Å². The lowest BCUT2D eigenvalue weighted by molar-refractivity contribution is -0.135. The molecule has 3 aromatic carbocycles. The van der Waals surface area contributed by atoms with Crippen LogP contribution in [-0.2, 0) is 17.8 Å². The Morgan fingerprint density at radius 3 is 2.62 bits per heavy atom. The fourth-order valence-electron chi connectivity index (χ4n) is 4.10. The van der Waals surface area contributed by atoms with E-state index in [9.17, 15) is 9.90 Å². The minimum absolute atomic E-state index is 0.244. The van der Waals surface area contributed by atoms with Crippen LogP contribution in [0.25, 0.3) is 22.6 Å². The van der Waals surface area contributed by atoms with Gasteiger partial charge in [-0.15, -0.1) is 0 Å². The molecule has 0 amide bonds. The summed E-state index contributed by atoms with van der Waals surface area (Å²) in [4.78, 5) is 22.3. The predicted octanol–water partition coefficient (Wildman–Crippen LogP) is 5.81. The van der Waals surface area contributed by atoms with Crippen molar-refractivity contribution in [1.29, 1.82) is 0 Å². The molecule has 0 fully saturated rings. The van der Waals surface area contributed by atoms with Crippen molar-refractivity contribution in [3.8, 4) is 17.2 Å². The Balaban J connectivity index is 1.25. The highest BCUT2D eigenvalue weighted by atomic mass is 16.5. The number of aliphatic carboxylic acids is 1. The number of aryl methyl sites for hydroxylation is 2. The second-order valence-corrected chi connectivity index (χ2v) is 8.85. The Morgan fingerprint density at radius 1 is 0.973 bits per heavy atom. The van der Waals surface area contributed by atoms with Crippen molar-refractivity contribution in [2.24, 2.45) is 0 Å². The summed E-state index contributed by atoms with van der Waals surface area (Å²) in [6, 6.07) is 23.3. The molecular weight excluding hydrogens is 470 g/mol. The lowest BCUT2D eigenvalue weighted by Gasteiger charge is -2.18. The maximum absolute atomic E-state index is 11.6. The first-order chi connectivity index (χ1) is 17.9. The highest BCUT2D eigenvalue weighted by Crippen LogP contribution is 2.25. The Morgan fingerprint density at radius 2 is 1.81 bits per heavy atom. The highest BCUT2D eigenvalue weighted by Gasteiger charge is 2.18. The molecular formula is C29H27N3O5. The second-order valence-electron chi connectivity index (χ2n) is 8.85. The van der Waals surface area contributed by atoms with Crippen molar-refractivity contribution in [3.63, 3.8) is 0 Å². The molecule has 2 aromatic heterocycles. The molecule has 1 N–H and O–H groups in total. The number of ether oxygens (including phenoxy) is 1. The summed E-state index contributed by atoms with van der Waals surface area (Å²) in [5.41, 5.74) is 5.03. The van der Waals surface area contributed by atoms with Crippen molar-refractivity contribution in [2.75, 3.05) is 18.1 Å². The van der Waals surface area contributed by atoms with Crippen molar-refractivity contribution in [2.45, 2.75) is 26.8 Å². The van der Waals surface area contributed by atoms with Crippen LogP contribution >= 0.6 is 0 Å². The van der Waals surface area contributed by atoms with Gasteiger partial charge in [0.15, 0.2) is 5.58 Å². The number of carboxylic acid groups (broad SMARTS) is 1. The van der Waals surface area contributed by atoms with E-state index in [4.69, 9.17) is 13.6 Å². The molecule has 5 aromatic rings. The molecule has 0 aliphatic carbocycles. The van der Waals surface area contributed by atoms with Gasteiger partial charge in [0.25, 0.3) is 6.01 Å². The Bertz CT molecular complexity index is 1520. The van der Waals surface area contributed by atoms with Gasteiger partial charge in [0.05, 0.1) is 12.3 Å². The molecule has 37 heavy (non-hydrogen) atoms. The number of oxazole rings is 2. The summed E-state index contributed by atoms with van der Waals surface area (Å²) in [5.74, 6) is 1.09. The van der Waals surface area contributed by atoms with Crippen LogP contribution in [0, 0.1) is 13.8 Å². The third-order valence-electron chi connectivity index (χ3n) is 5.92. The number of carboxylic acids is 1. The van der Waals surface area contributed by atoms with Crippen LogP contribution in [0.2, 0.25) is 0 Å². The van der Waals surface area contributed by atoms with Crippen molar-refractivity contribution in [3.05, 3.63) is 95.4 Å². The number of benzene rings is 3. The Labute approximate surface area is 214 Å². The number of fused-ring (bicyclic) bond motifs is 1.